The van der Waals surface area contributed by atoms with Crippen LogP contribution < -0.4 is 10.6 Å². The van der Waals surface area contributed by atoms with E-state index in [4.69, 9.17) is 4.74 Å². The fraction of sp³-hybridized carbons (Fsp3) is 0.500. The highest BCUT2D eigenvalue weighted by Crippen LogP contribution is 2.23. The van der Waals surface area contributed by atoms with E-state index in [0.717, 1.165) is 30.9 Å². The smallest absolute Gasteiger partial charge is 0.246 e. The van der Waals surface area contributed by atoms with Crippen LogP contribution in [-0.4, -0.2) is 49.5 Å². The fourth-order valence-electron chi connectivity index (χ4n) is 2.80. The fourth-order valence-corrected chi connectivity index (χ4v) is 2.80. The summed E-state index contributed by atoms with van der Waals surface area (Å²) in [6, 6.07) is 7.30. The number of likely N-dealkylation sites (N-methyl/N-ethyl adjacent to an activating group) is 1. The van der Waals surface area contributed by atoms with Gasteiger partial charge in [-0.25, -0.2) is 0 Å². The van der Waals surface area contributed by atoms with E-state index in [1.54, 1.807) is 0 Å². The van der Waals surface area contributed by atoms with E-state index in [1.807, 2.05) is 24.3 Å². The molecule has 2 unspecified atom stereocenters. The van der Waals surface area contributed by atoms with Crippen LogP contribution in [0.25, 0.3) is 0 Å². The molecule has 2 atom stereocenters. The van der Waals surface area contributed by atoms with Crippen LogP contribution >= 0.6 is 0 Å². The number of benzene rings is 1. The zero-order chi connectivity index (χ0) is 15.5. The number of morpholine rings is 1. The van der Waals surface area contributed by atoms with Crippen molar-refractivity contribution in [3.8, 4) is 0 Å². The van der Waals surface area contributed by atoms with Crippen molar-refractivity contribution < 1.29 is 14.3 Å². The molecule has 0 saturated carbocycles. The van der Waals surface area contributed by atoms with E-state index in [0.29, 0.717) is 12.8 Å². The van der Waals surface area contributed by atoms with Crippen LogP contribution in [0.2, 0.25) is 0 Å². The van der Waals surface area contributed by atoms with Crippen molar-refractivity contribution in [2.45, 2.75) is 25.0 Å². The Morgan fingerprint density at radius 2 is 2.14 bits per heavy atom. The zero-order valence-corrected chi connectivity index (χ0v) is 12.7. The molecule has 0 radical (unpaired) electrons. The lowest BCUT2D eigenvalue weighted by atomic mass is 10.1. The van der Waals surface area contributed by atoms with Gasteiger partial charge in [-0.2, -0.15) is 0 Å². The molecule has 3 rings (SSSR count). The maximum atomic E-state index is 12.0. The van der Waals surface area contributed by atoms with Crippen molar-refractivity contribution in [2.75, 3.05) is 32.1 Å². The van der Waals surface area contributed by atoms with Gasteiger partial charge in [0.05, 0.1) is 12.7 Å². The lowest BCUT2D eigenvalue weighted by molar-refractivity contribution is -0.122. The Bertz CT molecular complexity index is 558. The van der Waals surface area contributed by atoms with Crippen molar-refractivity contribution in [1.29, 1.82) is 0 Å². The lowest BCUT2D eigenvalue weighted by Gasteiger charge is -2.30. The second-order valence-corrected chi connectivity index (χ2v) is 5.89. The molecule has 2 fully saturated rings. The quantitative estimate of drug-likeness (QED) is 0.870. The molecule has 2 aliphatic heterocycles. The normalized spacial score (nSPS) is 25.8. The number of carbonyl (C=O) groups excluding carboxylic acids is 2. The van der Waals surface area contributed by atoms with E-state index >= 15 is 0 Å². The summed E-state index contributed by atoms with van der Waals surface area (Å²) in [5.41, 5.74) is 1.85. The number of nitrogens with zero attached hydrogens (tertiary/aromatic N) is 1. The van der Waals surface area contributed by atoms with Gasteiger partial charge in [0, 0.05) is 25.2 Å². The first-order chi connectivity index (χ1) is 10.6. The number of ether oxygens (including phenoxy) is 1. The molecule has 0 spiro atoms. The molecule has 1 aromatic rings. The van der Waals surface area contributed by atoms with Gasteiger partial charge in [-0.1, -0.05) is 12.1 Å². The summed E-state index contributed by atoms with van der Waals surface area (Å²) in [6.07, 6.45) is 1.06. The van der Waals surface area contributed by atoms with Gasteiger partial charge < -0.3 is 20.3 Å². The molecule has 2 heterocycles. The highest BCUT2D eigenvalue weighted by atomic mass is 16.5. The Morgan fingerprint density at radius 1 is 1.36 bits per heavy atom. The van der Waals surface area contributed by atoms with Crippen LogP contribution in [0.3, 0.4) is 0 Å². The summed E-state index contributed by atoms with van der Waals surface area (Å²) in [6.45, 7) is 2.57. The predicted molar refractivity (Wildman–Crippen MR) is 82.4 cm³/mol. The SMILES string of the molecule is CN1CCOC(c2ccc(NC(=O)C3CCC(=O)N3)cc2)C1. The Labute approximate surface area is 129 Å². The minimum absolute atomic E-state index is 0.0611. The van der Waals surface area contributed by atoms with E-state index in [-0.39, 0.29) is 17.9 Å². The van der Waals surface area contributed by atoms with E-state index in [2.05, 4.69) is 22.6 Å². The van der Waals surface area contributed by atoms with Gasteiger partial charge in [-0.3, -0.25) is 9.59 Å². The molecule has 6 heteroatoms. The Balaban J connectivity index is 1.59. The van der Waals surface area contributed by atoms with Gasteiger partial charge in [0.1, 0.15) is 6.04 Å². The van der Waals surface area contributed by atoms with Crippen molar-refractivity contribution >= 4 is 17.5 Å². The molecule has 0 bridgehead atoms. The molecular weight excluding hydrogens is 282 g/mol. The monoisotopic (exact) mass is 303 g/mol. The number of rotatable bonds is 3. The summed E-state index contributed by atoms with van der Waals surface area (Å²) in [5.74, 6) is -0.221. The molecule has 6 nitrogen and oxygen atoms in total. The third-order valence-electron chi connectivity index (χ3n) is 4.13. The van der Waals surface area contributed by atoms with Gasteiger partial charge >= 0.3 is 0 Å². The summed E-state index contributed by atoms with van der Waals surface area (Å²) in [4.78, 5) is 25.4. The number of hydrogen-bond donors (Lipinski definition) is 2. The topological polar surface area (TPSA) is 70.7 Å². The van der Waals surface area contributed by atoms with Crippen molar-refractivity contribution in [3.05, 3.63) is 29.8 Å². The summed E-state index contributed by atoms with van der Waals surface area (Å²) in [5, 5.41) is 5.50. The summed E-state index contributed by atoms with van der Waals surface area (Å²) in [7, 11) is 2.08. The van der Waals surface area contributed by atoms with Crippen LogP contribution in [0.4, 0.5) is 5.69 Å². The Hall–Kier alpha value is -1.92. The highest BCUT2D eigenvalue weighted by molar-refractivity contribution is 5.98. The maximum absolute atomic E-state index is 12.0. The average Bonchev–Trinajstić information content (AvgIpc) is 2.95. The molecule has 2 N–H and O–H groups in total. The molecule has 118 valence electrons. The Morgan fingerprint density at radius 3 is 2.77 bits per heavy atom. The van der Waals surface area contributed by atoms with Gasteiger partial charge in [0.2, 0.25) is 11.8 Å². The minimum Gasteiger partial charge on any atom is -0.371 e. The lowest BCUT2D eigenvalue weighted by Crippen LogP contribution is -2.37. The zero-order valence-electron chi connectivity index (χ0n) is 12.7. The van der Waals surface area contributed by atoms with Crippen LogP contribution in [0, 0.1) is 0 Å². The number of anilines is 1. The molecule has 1 aromatic carbocycles. The van der Waals surface area contributed by atoms with Crippen LogP contribution in [0.5, 0.6) is 0 Å². The van der Waals surface area contributed by atoms with Gasteiger partial charge in [-0.15, -0.1) is 0 Å². The second kappa shape index (κ2) is 6.46. The summed E-state index contributed by atoms with van der Waals surface area (Å²) >= 11 is 0. The van der Waals surface area contributed by atoms with Crippen LogP contribution in [0.15, 0.2) is 24.3 Å². The first-order valence-corrected chi connectivity index (χ1v) is 7.62. The third-order valence-corrected chi connectivity index (χ3v) is 4.13. The number of hydrogen-bond acceptors (Lipinski definition) is 4. The molecule has 0 aromatic heterocycles. The third kappa shape index (κ3) is 3.45. The van der Waals surface area contributed by atoms with Crippen molar-refractivity contribution in [3.63, 3.8) is 0 Å². The van der Waals surface area contributed by atoms with Gasteiger partial charge in [0.15, 0.2) is 0 Å². The number of amides is 2. The molecule has 2 amide bonds. The molecule has 0 aliphatic carbocycles. The van der Waals surface area contributed by atoms with E-state index < -0.39 is 6.04 Å². The van der Waals surface area contributed by atoms with Crippen molar-refractivity contribution in [2.24, 2.45) is 0 Å². The van der Waals surface area contributed by atoms with E-state index in [9.17, 15) is 9.59 Å². The number of carbonyl (C=O) groups is 2. The summed E-state index contributed by atoms with van der Waals surface area (Å²) < 4.78 is 5.77. The van der Waals surface area contributed by atoms with Crippen LogP contribution in [0.1, 0.15) is 24.5 Å². The van der Waals surface area contributed by atoms with E-state index in [1.165, 1.54) is 0 Å². The average molecular weight is 303 g/mol. The first-order valence-electron chi connectivity index (χ1n) is 7.62. The second-order valence-electron chi connectivity index (χ2n) is 5.89. The standard InChI is InChI=1S/C16H21N3O3/c1-19-8-9-22-14(10-19)11-2-4-12(5-3-11)17-16(21)13-6-7-15(20)18-13/h2-5,13-14H,6-10H2,1H3,(H,17,21)(H,18,20). The Kier molecular flexibility index (Phi) is 4.40. The first kappa shape index (κ1) is 15.0. The molecule has 2 saturated heterocycles. The largest absolute Gasteiger partial charge is 0.371 e. The molecular formula is C16H21N3O3. The van der Waals surface area contributed by atoms with Gasteiger partial charge in [0.25, 0.3) is 0 Å². The van der Waals surface area contributed by atoms with Crippen LogP contribution in [-0.2, 0) is 14.3 Å². The predicted octanol–water partition coefficient (Wildman–Crippen LogP) is 0.907. The maximum Gasteiger partial charge on any atom is 0.246 e. The minimum atomic E-state index is -0.414. The van der Waals surface area contributed by atoms with Gasteiger partial charge in [-0.05, 0) is 31.2 Å². The van der Waals surface area contributed by atoms with Crippen molar-refractivity contribution in [1.82, 2.24) is 10.2 Å². The molecule has 22 heavy (non-hydrogen) atoms. The number of nitrogens with one attached hydrogen (secondary N) is 2. The highest BCUT2D eigenvalue weighted by Gasteiger charge is 2.27. The molecule has 2 aliphatic rings.